The van der Waals surface area contributed by atoms with Gasteiger partial charge in [0.1, 0.15) is 17.9 Å². The number of carbonyl (C=O) groups is 5. The molecule has 2 fully saturated rings. The molecule has 3 atom stereocenters. The Bertz CT molecular complexity index is 1420. The molecule has 2 saturated heterocycles. The number of carbonyl (C=O) groups excluding carboxylic acids is 2. The molecule has 0 unspecified atom stereocenters. The number of piperidine rings is 1. The number of pyridine rings is 1. The van der Waals surface area contributed by atoms with Gasteiger partial charge in [0.2, 0.25) is 11.8 Å². The molecule has 0 aliphatic carbocycles. The molecule has 2 aliphatic rings. The van der Waals surface area contributed by atoms with Gasteiger partial charge in [-0.2, -0.15) is 26.3 Å². The maximum atomic E-state index is 13.4. The summed E-state index contributed by atoms with van der Waals surface area (Å²) in [6.07, 6.45) is -9.64. The molecule has 47 heavy (non-hydrogen) atoms. The van der Waals surface area contributed by atoms with Gasteiger partial charge in [0.15, 0.2) is 0 Å². The van der Waals surface area contributed by atoms with Gasteiger partial charge in [-0.25, -0.2) is 19.4 Å². The van der Waals surface area contributed by atoms with E-state index < -0.39 is 42.5 Å². The van der Waals surface area contributed by atoms with E-state index in [0.29, 0.717) is 38.2 Å². The molecule has 6 N–H and O–H groups in total. The van der Waals surface area contributed by atoms with Crippen molar-refractivity contribution in [1.82, 2.24) is 20.1 Å². The second-order valence-corrected chi connectivity index (χ2v) is 10.3. The topological polar surface area (TPSA) is 203 Å². The Morgan fingerprint density at radius 1 is 0.851 bits per heavy atom. The van der Waals surface area contributed by atoms with E-state index in [0.717, 1.165) is 16.8 Å². The summed E-state index contributed by atoms with van der Waals surface area (Å²) < 4.78 is 63.5. The van der Waals surface area contributed by atoms with E-state index >= 15 is 0 Å². The SMILES string of the molecule is Cc1nc(N)ccc1CNC(=O)[C@@H]1CCN1C(=O)[C@H]1C[C@@H](c2ccccc2)CCN1C(=O)O.O=C(O)C(F)(F)F.O=C(O)C(F)(F)F. The molecule has 1 aromatic heterocycles. The number of rotatable bonds is 5. The van der Waals surface area contributed by atoms with Crippen LogP contribution in [0, 0.1) is 6.92 Å². The molecule has 3 amide bonds. The third kappa shape index (κ3) is 11.0. The van der Waals surface area contributed by atoms with Gasteiger partial charge in [0, 0.05) is 25.3 Å². The number of likely N-dealkylation sites (tertiary alicyclic amines) is 2. The molecule has 2 aliphatic heterocycles. The number of aliphatic carboxylic acids is 2. The van der Waals surface area contributed by atoms with Crippen molar-refractivity contribution in [1.29, 1.82) is 0 Å². The van der Waals surface area contributed by atoms with Crippen LogP contribution < -0.4 is 11.1 Å². The van der Waals surface area contributed by atoms with Crippen molar-refractivity contribution in [3.05, 3.63) is 59.3 Å². The Morgan fingerprint density at radius 2 is 1.38 bits per heavy atom. The lowest BCUT2D eigenvalue weighted by molar-refractivity contribution is -0.193. The molecule has 4 rings (SSSR count). The van der Waals surface area contributed by atoms with Crippen molar-refractivity contribution in [3.63, 3.8) is 0 Å². The zero-order chi connectivity index (χ0) is 35.7. The van der Waals surface area contributed by atoms with E-state index in [2.05, 4.69) is 10.3 Å². The molecule has 2 aromatic rings. The maximum Gasteiger partial charge on any atom is 0.490 e. The standard InChI is InChI=1S/C24H29N5O4.2C2HF3O2/c1-15-18(7-8-21(25)27-15)14-26-22(30)19-10-12-28(19)23(31)20-13-17(9-11-29(20)24(32)33)16-5-3-2-4-6-16;2*3-2(4,5)1(6)7/h2-8,17,19-20H,9-14H2,1H3,(H2,25,27)(H,26,30)(H,32,33);2*(H,6,7)/t17-,19-,20+;;/m0../s1. The van der Waals surface area contributed by atoms with Crippen molar-refractivity contribution in [2.75, 3.05) is 18.8 Å². The van der Waals surface area contributed by atoms with E-state index in [9.17, 15) is 45.8 Å². The Morgan fingerprint density at radius 3 is 1.83 bits per heavy atom. The molecule has 0 radical (unpaired) electrons. The van der Waals surface area contributed by atoms with Crippen molar-refractivity contribution in [2.24, 2.45) is 0 Å². The van der Waals surface area contributed by atoms with E-state index in [-0.39, 0.29) is 24.3 Å². The van der Waals surface area contributed by atoms with Gasteiger partial charge >= 0.3 is 30.4 Å². The van der Waals surface area contributed by atoms with Crippen LogP contribution in [-0.4, -0.2) is 97.5 Å². The number of halogens is 6. The van der Waals surface area contributed by atoms with Gasteiger partial charge in [-0.1, -0.05) is 36.4 Å². The predicted molar refractivity (Wildman–Crippen MR) is 150 cm³/mol. The van der Waals surface area contributed by atoms with Crippen LogP contribution in [0.4, 0.5) is 37.0 Å². The van der Waals surface area contributed by atoms with Gasteiger partial charge in [-0.05, 0) is 49.3 Å². The van der Waals surface area contributed by atoms with Crippen molar-refractivity contribution >= 4 is 35.7 Å². The predicted octanol–water partition coefficient (Wildman–Crippen LogP) is 3.38. The number of carboxylic acid groups (broad SMARTS) is 3. The lowest BCUT2D eigenvalue weighted by Gasteiger charge is -2.45. The third-order valence-electron chi connectivity index (χ3n) is 7.16. The first kappa shape index (κ1) is 38.1. The normalized spacial score (nSPS) is 19.1. The molecule has 258 valence electrons. The van der Waals surface area contributed by atoms with E-state index in [1.807, 2.05) is 43.3 Å². The molecule has 0 saturated carbocycles. The number of hydrogen-bond donors (Lipinski definition) is 5. The van der Waals surface area contributed by atoms with Gasteiger partial charge in [0.05, 0.1) is 0 Å². The highest BCUT2D eigenvalue weighted by Gasteiger charge is 2.45. The van der Waals surface area contributed by atoms with E-state index in [1.54, 1.807) is 6.07 Å². The third-order valence-corrected chi connectivity index (χ3v) is 7.16. The first-order chi connectivity index (χ1) is 21.7. The highest BCUT2D eigenvalue weighted by Crippen LogP contribution is 2.34. The molecule has 0 bridgehead atoms. The molecule has 3 heterocycles. The van der Waals surface area contributed by atoms with Gasteiger partial charge in [-0.15, -0.1) is 0 Å². The Kier molecular flexibility index (Phi) is 12.9. The minimum absolute atomic E-state index is 0.102. The summed E-state index contributed by atoms with van der Waals surface area (Å²) in [6, 6.07) is 12.0. The van der Waals surface area contributed by atoms with E-state index in [4.69, 9.17) is 25.5 Å². The molecular formula is C28H31F6N5O8. The van der Waals surface area contributed by atoms with Crippen molar-refractivity contribution in [3.8, 4) is 0 Å². The van der Waals surface area contributed by atoms with Crippen molar-refractivity contribution < 1.29 is 65.6 Å². The van der Waals surface area contributed by atoms with Crippen LogP contribution >= 0.6 is 0 Å². The lowest BCUT2D eigenvalue weighted by atomic mass is 9.84. The number of nitrogens with zero attached hydrogens (tertiary/aromatic N) is 3. The van der Waals surface area contributed by atoms with Crippen LogP contribution in [0.5, 0.6) is 0 Å². The molecule has 1 aromatic carbocycles. The number of amides is 3. The fourth-order valence-corrected chi connectivity index (χ4v) is 4.67. The number of alkyl halides is 6. The van der Waals surface area contributed by atoms with Crippen LogP contribution in [0.1, 0.15) is 42.0 Å². The van der Waals surface area contributed by atoms with Gasteiger partial charge < -0.3 is 31.3 Å². The summed E-state index contributed by atoms with van der Waals surface area (Å²) in [5.74, 6) is -5.54. The number of benzene rings is 1. The van der Waals surface area contributed by atoms with Crippen LogP contribution in [0.25, 0.3) is 0 Å². The highest BCUT2D eigenvalue weighted by molar-refractivity contribution is 5.92. The molecular weight excluding hydrogens is 648 g/mol. The number of nitrogens with two attached hydrogens (primary N) is 1. The fraction of sp³-hybridized carbons (Fsp3) is 0.429. The summed E-state index contributed by atoms with van der Waals surface area (Å²) in [5, 5.41) is 26.8. The maximum absolute atomic E-state index is 13.4. The largest absolute Gasteiger partial charge is 0.490 e. The number of hydrogen-bond acceptors (Lipinski definition) is 7. The molecule has 13 nitrogen and oxygen atoms in total. The lowest BCUT2D eigenvalue weighted by Crippen LogP contribution is -2.63. The minimum Gasteiger partial charge on any atom is -0.475 e. The second-order valence-electron chi connectivity index (χ2n) is 10.3. The summed E-state index contributed by atoms with van der Waals surface area (Å²) >= 11 is 0. The smallest absolute Gasteiger partial charge is 0.475 e. The number of aromatic nitrogens is 1. The number of nitrogen functional groups attached to an aromatic ring is 1. The fourth-order valence-electron chi connectivity index (χ4n) is 4.67. The second kappa shape index (κ2) is 15.9. The number of carboxylic acids is 2. The van der Waals surface area contributed by atoms with Gasteiger partial charge in [0.25, 0.3) is 0 Å². The average molecular weight is 680 g/mol. The summed E-state index contributed by atoms with van der Waals surface area (Å²) in [6.45, 7) is 2.85. The quantitative estimate of drug-likeness (QED) is 0.292. The van der Waals surface area contributed by atoms with E-state index in [1.165, 1.54) is 9.80 Å². The number of anilines is 1. The summed E-state index contributed by atoms with van der Waals surface area (Å²) in [4.78, 5) is 62.7. The first-order valence-electron chi connectivity index (χ1n) is 13.7. The zero-order valence-electron chi connectivity index (χ0n) is 24.6. The first-order valence-corrected chi connectivity index (χ1v) is 13.7. The summed E-state index contributed by atoms with van der Waals surface area (Å²) in [5.41, 5.74) is 8.37. The molecule has 0 spiro atoms. The Balaban J connectivity index is 0.000000459. The van der Waals surface area contributed by atoms with Crippen LogP contribution in [0.3, 0.4) is 0 Å². The van der Waals surface area contributed by atoms with Crippen molar-refractivity contribution in [2.45, 2.75) is 63.1 Å². The average Bonchev–Trinajstić information content (AvgIpc) is 2.96. The monoisotopic (exact) mass is 679 g/mol. The highest BCUT2D eigenvalue weighted by atomic mass is 19.4. The summed E-state index contributed by atoms with van der Waals surface area (Å²) in [7, 11) is 0. The zero-order valence-corrected chi connectivity index (χ0v) is 24.6. The number of nitrogens with one attached hydrogen (secondary N) is 1. The van der Waals surface area contributed by atoms with Crippen LogP contribution in [0.15, 0.2) is 42.5 Å². The Labute approximate surface area is 263 Å². The molecule has 19 heteroatoms. The Hall–Kier alpha value is -5.10. The number of aryl methyl sites for hydroxylation is 1. The van der Waals surface area contributed by atoms with Gasteiger partial charge in [-0.3, -0.25) is 14.5 Å². The minimum atomic E-state index is -5.08. The van der Waals surface area contributed by atoms with Crippen LogP contribution in [-0.2, 0) is 25.7 Å². The van der Waals surface area contributed by atoms with Crippen LogP contribution in [0.2, 0.25) is 0 Å².